The number of hydrazone groups is 1. The Morgan fingerprint density at radius 3 is 2.96 bits per heavy atom. The number of hydrogen-bond acceptors (Lipinski definition) is 6. The number of rotatable bonds is 5. The van der Waals surface area contributed by atoms with Crippen LogP contribution >= 0.6 is 22.9 Å². The number of fused-ring (bicyclic) bond motifs is 2. The number of sulfonamides is 1. The van der Waals surface area contributed by atoms with E-state index >= 15 is 0 Å². The van der Waals surface area contributed by atoms with E-state index in [4.69, 9.17) is 23.1 Å². The molecular formula is C16H16ClN7O2S2. The van der Waals surface area contributed by atoms with Crippen LogP contribution < -0.4 is 21.2 Å². The van der Waals surface area contributed by atoms with Crippen molar-refractivity contribution in [3.05, 3.63) is 52.1 Å². The minimum Gasteiger partial charge on any atom is -0.369 e. The number of nitrogens with one attached hydrogen (secondary N) is 1. The molecule has 3 aromatic rings. The molecule has 2 heterocycles. The summed E-state index contributed by atoms with van der Waals surface area (Å²) in [6.07, 6.45) is 4.25. The quantitative estimate of drug-likeness (QED) is 0.315. The van der Waals surface area contributed by atoms with Gasteiger partial charge in [-0.05, 0) is 24.1 Å². The van der Waals surface area contributed by atoms with Gasteiger partial charge in [-0.25, -0.2) is 4.98 Å². The molecule has 0 unspecified atom stereocenters. The van der Waals surface area contributed by atoms with Crippen molar-refractivity contribution in [3.63, 3.8) is 0 Å². The third kappa shape index (κ3) is 2.97. The van der Waals surface area contributed by atoms with E-state index in [2.05, 4.69) is 15.5 Å². The first-order valence-corrected chi connectivity index (χ1v) is 10.8. The number of imidazole rings is 1. The Hall–Kier alpha value is -2.76. The molecule has 0 bridgehead atoms. The number of aromatic nitrogens is 2. The summed E-state index contributed by atoms with van der Waals surface area (Å²) in [5.74, 6) is -0.0969. The summed E-state index contributed by atoms with van der Waals surface area (Å²) in [6, 6.07) is 5.38. The molecule has 146 valence electrons. The molecule has 0 spiro atoms. The zero-order valence-corrected chi connectivity index (χ0v) is 17.0. The predicted octanol–water partition coefficient (Wildman–Crippen LogP) is 1.55. The van der Waals surface area contributed by atoms with Gasteiger partial charge in [0.05, 0.1) is 11.4 Å². The van der Waals surface area contributed by atoms with Crippen molar-refractivity contribution >= 4 is 55.3 Å². The summed E-state index contributed by atoms with van der Waals surface area (Å²) >= 11 is 7.43. The van der Waals surface area contributed by atoms with Gasteiger partial charge in [0.2, 0.25) is 5.96 Å². The van der Waals surface area contributed by atoms with Crippen molar-refractivity contribution in [2.75, 3.05) is 11.4 Å². The van der Waals surface area contributed by atoms with Gasteiger partial charge in [-0.15, -0.1) is 16.4 Å². The summed E-state index contributed by atoms with van der Waals surface area (Å²) in [6.45, 7) is 0. The van der Waals surface area contributed by atoms with E-state index in [1.165, 1.54) is 27.1 Å². The molecule has 2 aromatic heterocycles. The van der Waals surface area contributed by atoms with Crippen molar-refractivity contribution in [3.8, 4) is 0 Å². The number of thiazole rings is 1. The van der Waals surface area contributed by atoms with E-state index in [1.54, 1.807) is 23.7 Å². The van der Waals surface area contributed by atoms with Crippen LogP contribution in [0, 0.1) is 0 Å². The van der Waals surface area contributed by atoms with Gasteiger partial charge in [-0.1, -0.05) is 23.7 Å². The first-order chi connectivity index (χ1) is 13.3. The van der Waals surface area contributed by atoms with E-state index in [9.17, 15) is 8.42 Å². The Morgan fingerprint density at radius 2 is 2.21 bits per heavy atom. The standard InChI is InChI=1S/C16H16ClN7O2S2/c1-23(28(25,26)14-13(17)20-16-24(14)6-7-27-16)10-4-2-9-3-5-12(11(9)8-10)21-22-15(18)19/h2,4-8,21H,3H2,1H3,(H4,18,19,22). The lowest BCUT2D eigenvalue weighted by molar-refractivity contribution is 0.590. The lowest BCUT2D eigenvalue weighted by atomic mass is 10.1. The fraction of sp³-hybridized carbons (Fsp3) is 0.125. The largest absolute Gasteiger partial charge is 0.369 e. The number of nitrogens with zero attached hydrogens (tertiary/aromatic N) is 4. The first-order valence-electron chi connectivity index (χ1n) is 8.07. The fourth-order valence-electron chi connectivity index (χ4n) is 2.98. The smallest absolute Gasteiger partial charge is 0.283 e. The highest BCUT2D eigenvalue weighted by atomic mass is 35.5. The molecule has 0 amide bonds. The number of benzene rings is 1. The van der Waals surface area contributed by atoms with Gasteiger partial charge in [-0.2, -0.15) is 8.42 Å². The van der Waals surface area contributed by atoms with Crippen LogP contribution in [0.15, 0.2) is 46.0 Å². The topological polar surface area (TPSA) is 131 Å². The Balaban J connectivity index is 1.73. The number of halogens is 1. The second-order valence-corrected chi connectivity index (χ2v) is 9.16. The van der Waals surface area contributed by atoms with Crippen LogP contribution in [0.25, 0.3) is 10.7 Å². The first kappa shape index (κ1) is 18.6. The molecule has 0 atom stereocenters. The molecule has 1 aliphatic carbocycles. The molecule has 12 heteroatoms. The van der Waals surface area contributed by atoms with Gasteiger partial charge >= 0.3 is 0 Å². The second kappa shape index (κ2) is 6.69. The van der Waals surface area contributed by atoms with Crippen LogP contribution in [-0.2, 0) is 16.4 Å². The van der Waals surface area contributed by atoms with E-state index in [0.717, 1.165) is 11.1 Å². The maximum absolute atomic E-state index is 13.2. The fourth-order valence-corrected chi connectivity index (χ4v) is 5.57. The van der Waals surface area contributed by atoms with Crippen LogP contribution in [0.2, 0.25) is 5.15 Å². The van der Waals surface area contributed by atoms with E-state index in [0.29, 0.717) is 22.8 Å². The van der Waals surface area contributed by atoms with Crippen molar-refractivity contribution in [1.82, 2.24) is 14.8 Å². The van der Waals surface area contributed by atoms with Crippen molar-refractivity contribution in [2.24, 2.45) is 16.6 Å². The molecule has 5 N–H and O–H groups in total. The minimum atomic E-state index is -3.94. The number of hydrogen-bond donors (Lipinski definition) is 3. The van der Waals surface area contributed by atoms with Crippen LogP contribution in [0.1, 0.15) is 11.1 Å². The second-order valence-electron chi connectivity index (χ2n) is 6.05. The molecule has 4 rings (SSSR count). The SMILES string of the molecule is CN(c1ccc2c(c1)C(NN=C(N)N)=CC2)S(=O)(=O)c1c(Cl)nc2sccn12. The lowest BCUT2D eigenvalue weighted by Crippen LogP contribution is -2.28. The molecule has 0 aliphatic heterocycles. The van der Waals surface area contributed by atoms with E-state index < -0.39 is 10.0 Å². The number of nitrogens with two attached hydrogens (primary N) is 2. The molecule has 9 nitrogen and oxygen atoms in total. The predicted molar refractivity (Wildman–Crippen MR) is 111 cm³/mol. The van der Waals surface area contributed by atoms with Crippen LogP contribution in [0.4, 0.5) is 5.69 Å². The summed E-state index contributed by atoms with van der Waals surface area (Å²) in [5.41, 5.74) is 16.6. The molecule has 1 aromatic carbocycles. The Morgan fingerprint density at radius 1 is 1.43 bits per heavy atom. The Labute approximate surface area is 170 Å². The average Bonchev–Trinajstić information content (AvgIpc) is 3.32. The summed E-state index contributed by atoms with van der Waals surface area (Å²) in [5, 5.41) is 5.43. The van der Waals surface area contributed by atoms with Gasteiger partial charge in [0.1, 0.15) is 0 Å². The van der Waals surface area contributed by atoms with E-state index in [1.807, 2.05) is 12.1 Å². The van der Waals surface area contributed by atoms with Gasteiger partial charge in [0.25, 0.3) is 10.0 Å². The third-order valence-corrected chi connectivity index (χ3v) is 7.30. The number of guanidine groups is 1. The summed E-state index contributed by atoms with van der Waals surface area (Å²) in [7, 11) is -2.46. The van der Waals surface area contributed by atoms with Crippen LogP contribution in [0.3, 0.4) is 0 Å². The van der Waals surface area contributed by atoms with Gasteiger partial charge < -0.3 is 11.5 Å². The van der Waals surface area contributed by atoms with Gasteiger partial charge in [0.15, 0.2) is 15.1 Å². The molecular weight excluding hydrogens is 422 g/mol. The van der Waals surface area contributed by atoms with Gasteiger partial charge in [0, 0.05) is 24.2 Å². The van der Waals surface area contributed by atoms with Crippen LogP contribution in [0.5, 0.6) is 0 Å². The van der Waals surface area contributed by atoms with Crippen LogP contribution in [-0.4, -0.2) is 30.8 Å². The molecule has 1 aliphatic rings. The maximum atomic E-state index is 13.2. The Kier molecular flexibility index (Phi) is 4.44. The van der Waals surface area contributed by atoms with Crippen molar-refractivity contribution in [1.29, 1.82) is 0 Å². The number of allylic oxidation sites excluding steroid dienone is 1. The van der Waals surface area contributed by atoms with E-state index in [-0.39, 0.29) is 16.1 Å². The highest BCUT2D eigenvalue weighted by molar-refractivity contribution is 7.92. The van der Waals surface area contributed by atoms with Crippen molar-refractivity contribution in [2.45, 2.75) is 11.4 Å². The molecule has 0 fully saturated rings. The highest BCUT2D eigenvalue weighted by Gasteiger charge is 2.30. The number of anilines is 1. The lowest BCUT2D eigenvalue weighted by Gasteiger charge is -2.20. The maximum Gasteiger partial charge on any atom is 0.283 e. The molecule has 0 saturated heterocycles. The zero-order valence-electron chi connectivity index (χ0n) is 14.6. The summed E-state index contributed by atoms with van der Waals surface area (Å²) < 4.78 is 29.1. The molecule has 28 heavy (non-hydrogen) atoms. The highest BCUT2D eigenvalue weighted by Crippen LogP contribution is 2.33. The molecule has 0 saturated carbocycles. The Bertz CT molecular complexity index is 1240. The van der Waals surface area contributed by atoms with Gasteiger partial charge in [-0.3, -0.25) is 14.1 Å². The molecule has 0 radical (unpaired) electrons. The van der Waals surface area contributed by atoms with Crippen molar-refractivity contribution < 1.29 is 8.42 Å². The zero-order chi connectivity index (χ0) is 20.1. The monoisotopic (exact) mass is 437 g/mol. The summed E-state index contributed by atoms with van der Waals surface area (Å²) in [4.78, 5) is 4.62. The third-order valence-electron chi connectivity index (χ3n) is 4.36. The normalized spacial score (nSPS) is 13.3. The minimum absolute atomic E-state index is 0.0603. The average molecular weight is 438 g/mol.